The minimum atomic E-state index is -3.56. The van der Waals surface area contributed by atoms with Crippen molar-refractivity contribution < 1.29 is 8.42 Å². The molecule has 0 rings (SSSR count). The maximum Gasteiger partial charge on any atom is 0.229 e. The van der Waals surface area contributed by atoms with E-state index in [0.717, 1.165) is 12.2 Å². The molecular formula is C4H9NO2S. The van der Waals surface area contributed by atoms with Crippen LogP contribution < -0.4 is 5.14 Å². The van der Waals surface area contributed by atoms with E-state index in [1.165, 1.54) is 0 Å². The Labute approximate surface area is 49.9 Å². The molecule has 0 aliphatic rings. The lowest BCUT2D eigenvalue weighted by molar-refractivity contribution is 0.599. The highest BCUT2D eigenvalue weighted by Crippen LogP contribution is 1.96. The van der Waals surface area contributed by atoms with E-state index in [9.17, 15) is 8.42 Å². The Morgan fingerprint density at radius 1 is 1.62 bits per heavy atom. The zero-order chi connectivity index (χ0) is 6.62. The summed E-state index contributed by atoms with van der Waals surface area (Å²) in [5.41, 5.74) is 0. The third-order valence-electron chi connectivity index (χ3n) is 0.626. The zero-order valence-electron chi connectivity index (χ0n) is 4.72. The van der Waals surface area contributed by atoms with Gasteiger partial charge in [-0.2, -0.15) is 0 Å². The predicted molar refractivity (Wildman–Crippen MR) is 31.2 cm³/mol. The summed E-state index contributed by atoms with van der Waals surface area (Å²) in [6.45, 7) is 1.86. The van der Waals surface area contributed by atoms with Gasteiger partial charge in [0.15, 0.2) is 0 Å². The van der Waals surface area contributed by atoms with Gasteiger partial charge in [-0.3, -0.25) is 0 Å². The second-order valence-corrected chi connectivity index (χ2v) is 2.92. The second kappa shape index (κ2) is 3.04. The van der Waals surface area contributed by atoms with Gasteiger partial charge in [0.1, 0.15) is 0 Å². The van der Waals surface area contributed by atoms with Gasteiger partial charge in [-0.05, 0) is 6.42 Å². The summed E-state index contributed by atoms with van der Waals surface area (Å²) < 4.78 is 20.0. The fraction of sp³-hybridized carbons (Fsp3) is 0.750. The third kappa shape index (κ3) is 5.91. The van der Waals surface area contributed by atoms with Crippen LogP contribution in [0.25, 0.3) is 0 Å². The average molecular weight is 135 g/mol. The summed E-state index contributed by atoms with van der Waals surface area (Å²) in [6, 6.07) is 0. The van der Waals surface area contributed by atoms with Crippen LogP contribution in [0.3, 0.4) is 0 Å². The van der Waals surface area contributed by atoms with Crippen LogP contribution in [0.4, 0.5) is 0 Å². The monoisotopic (exact) mass is 135 g/mol. The first-order valence-corrected chi connectivity index (χ1v) is 3.93. The summed E-state index contributed by atoms with van der Waals surface area (Å²) in [5, 5.41) is 6.35. The maximum atomic E-state index is 10.0. The molecule has 0 bridgehead atoms. The zero-order valence-corrected chi connectivity index (χ0v) is 5.53. The first kappa shape index (κ1) is 7.91. The van der Waals surface area contributed by atoms with Crippen LogP contribution in [0.1, 0.15) is 19.8 Å². The smallest absolute Gasteiger partial charge is 0.211 e. The molecule has 2 radical (unpaired) electrons. The van der Waals surface area contributed by atoms with E-state index >= 15 is 0 Å². The molecule has 0 fully saturated rings. The molecule has 0 unspecified atom stereocenters. The highest BCUT2D eigenvalue weighted by Gasteiger charge is 2.00. The van der Waals surface area contributed by atoms with Crippen molar-refractivity contribution in [2.24, 2.45) is 0 Å². The average Bonchev–Trinajstić information content (AvgIpc) is 1.59. The van der Waals surface area contributed by atoms with Gasteiger partial charge < -0.3 is 0 Å². The molecule has 1 N–H and O–H groups in total. The Morgan fingerprint density at radius 2 is 2.12 bits per heavy atom. The van der Waals surface area contributed by atoms with E-state index in [1.54, 1.807) is 0 Å². The van der Waals surface area contributed by atoms with Crippen LogP contribution in [0, 0.1) is 5.75 Å². The van der Waals surface area contributed by atoms with Crippen LogP contribution in [-0.4, -0.2) is 8.42 Å². The van der Waals surface area contributed by atoms with Crippen molar-refractivity contribution in [3.8, 4) is 0 Å². The minimum absolute atomic E-state index is 0.478. The van der Waals surface area contributed by atoms with Crippen LogP contribution in [0.15, 0.2) is 0 Å². The number of sulfonamides is 1. The molecule has 4 heteroatoms. The molecule has 0 aliphatic carbocycles. The molecular weight excluding hydrogens is 126 g/mol. The topological polar surface area (TPSA) is 57.9 Å². The standard InChI is InChI=1S/C4H9NO2S/c1-2-3-4-8(5,6)7/h4-5H,2-3H2,1H3. The molecule has 0 amide bonds. The third-order valence-corrected chi connectivity index (χ3v) is 1.30. The van der Waals surface area contributed by atoms with Gasteiger partial charge in [0.05, 0.1) is 5.75 Å². The van der Waals surface area contributed by atoms with Gasteiger partial charge >= 0.3 is 0 Å². The van der Waals surface area contributed by atoms with E-state index in [0.29, 0.717) is 6.42 Å². The molecule has 0 heterocycles. The van der Waals surface area contributed by atoms with E-state index < -0.39 is 10.0 Å². The van der Waals surface area contributed by atoms with E-state index in [-0.39, 0.29) is 0 Å². The Hall–Kier alpha value is -0.0900. The molecule has 0 aromatic rings. The summed E-state index contributed by atoms with van der Waals surface area (Å²) in [6.07, 6.45) is 1.25. The van der Waals surface area contributed by atoms with Crippen molar-refractivity contribution in [2.45, 2.75) is 19.8 Å². The number of nitrogens with one attached hydrogen (secondary N) is 1. The molecule has 8 heavy (non-hydrogen) atoms. The number of hydrogen-bond donors (Lipinski definition) is 0. The van der Waals surface area contributed by atoms with Gasteiger partial charge in [-0.15, -0.1) is 5.14 Å². The van der Waals surface area contributed by atoms with Crippen LogP contribution in [0.2, 0.25) is 0 Å². The van der Waals surface area contributed by atoms with Gasteiger partial charge in [-0.25, -0.2) is 8.42 Å². The highest BCUT2D eigenvalue weighted by atomic mass is 32.2. The Kier molecular flexibility index (Phi) is 3.01. The predicted octanol–water partition coefficient (Wildman–Crippen LogP) is 0.561. The van der Waals surface area contributed by atoms with Gasteiger partial charge in [0, 0.05) is 0 Å². The first-order valence-electron chi connectivity index (χ1n) is 2.39. The normalized spacial score (nSPS) is 11.8. The maximum absolute atomic E-state index is 10.0. The fourth-order valence-electron chi connectivity index (χ4n) is 0.273. The van der Waals surface area contributed by atoms with Crippen molar-refractivity contribution in [1.82, 2.24) is 5.14 Å². The quantitative estimate of drug-likeness (QED) is 0.567. The summed E-state index contributed by atoms with van der Waals surface area (Å²) in [4.78, 5) is 0. The molecule has 3 nitrogen and oxygen atoms in total. The van der Waals surface area contributed by atoms with Gasteiger partial charge in [-0.1, -0.05) is 13.3 Å². The van der Waals surface area contributed by atoms with Crippen molar-refractivity contribution in [3.63, 3.8) is 0 Å². The lowest BCUT2D eigenvalue weighted by atomic mass is 10.4. The van der Waals surface area contributed by atoms with Gasteiger partial charge in [0.25, 0.3) is 0 Å². The Balaban J connectivity index is 3.42. The Morgan fingerprint density at radius 3 is 2.25 bits per heavy atom. The molecule has 0 saturated carbocycles. The number of rotatable bonds is 3. The molecule has 0 spiro atoms. The van der Waals surface area contributed by atoms with Crippen molar-refractivity contribution >= 4 is 10.0 Å². The molecule has 0 aromatic heterocycles. The van der Waals surface area contributed by atoms with E-state index in [1.807, 2.05) is 6.92 Å². The summed E-state index contributed by atoms with van der Waals surface area (Å²) >= 11 is 0. The fourth-order valence-corrected chi connectivity index (χ4v) is 0.819. The van der Waals surface area contributed by atoms with Gasteiger partial charge in [0.2, 0.25) is 10.0 Å². The summed E-state index contributed by atoms with van der Waals surface area (Å²) in [5.74, 6) is 1.01. The minimum Gasteiger partial charge on any atom is -0.211 e. The Bertz CT molecular complexity index is 138. The molecule has 0 saturated heterocycles. The SMILES string of the molecule is CCC[CH]S([NH])(=O)=O. The van der Waals surface area contributed by atoms with Crippen LogP contribution in [0.5, 0.6) is 0 Å². The van der Waals surface area contributed by atoms with Crippen LogP contribution >= 0.6 is 0 Å². The lowest BCUT2D eigenvalue weighted by Crippen LogP contribution is -1.98. The lowest BCUT2D eigenvalue weighted by Gasteiger charge is -1.89. The van der Waals surface area contributed by atoms with E-state index in [2.05, 4.69) is 0 Å². The van der Waals surface area contributed by atoms with Crippen molar-refractivity contribution in [3.05, 3.63) is 5.75 Å². The van der Waals surface area contributed by atoms with Crippen molar-refractivity contribution in [1.29, 1.82) is 0 Å². The number of unbranched alkanes of at least 4 members (excludes halogenated alkanes) is 1. The molecule has 48 valence electrons. The largest absolute Gasteiger partial charge is 0.229 e. The van der Waals surface area contributed by atoms with Crippen LogP contribution in [-0.2, 0) is 10.0 Å². The molecule has 0 aliphatic heterocycles. The molecule has 0 aromatic carbocycles. The number of hydrogen-bond acceptors (Lipinski definition) is 2. The van der Waals surface area contributed by atoms with E-state index in [4.69, 9.17) is 5.14 Å². The highest BCUT2D eigenvalue weighted by molar-refractivity contribution is 7.90. The van der Waals surface area contributed by atoms with Crippen molar-refractivity contribution in [2.75, 3.05) is 0 Å². The second-order valence-electron chi connectivity index (χ2n) is 1.50. The summed E-state index contributed by atoms with van der Waals surface area (Å²) in [7, 11) is -3.56. The molecule has 0 atom stereocenters. The first-order chi connectivity index (χ1) is 3.56.